The van der Waals surface area contributed by atoms with Crippen molar-refractivity contribution in [1.29, 1.82) is 0 Å². The molecule has 1 N–H and O–H groups in total. The van der Waals surface area contributed by atoms with E-state index < -0.39 is 0 Å². The summed E-state index contributed by atoms with van der Waals surface area (Å²) in [4.78, 5) is 14.0. The van der Waals surface area contributed by atoms with Gasteiger partial charge in [0.05, 0.1) is 27.2 Å². The topological polar surface area (TPSA) is 49.7 Å². The van der Waals surface area contributed by atoms with Crippen LogP contribution in [0, 0.1) is 0 Å². The van der Waals surface area contributed by atoms with Gasteiger partial charge in [-0.25, -0.2) is 4.79 Å². The molecule has 1 rings (SSSR count). The summed E-state index contributed by atoms with van der Waals surface area (Å²) in [6, 6.07) is 0. The van der Waals surface area contributed by atoms with Crippen molar-refractivity contribution in [2.45, 2.75) is 37.3 Å². The zero-order chi connectivity index (χ0) is 11.5. The van der Waals surface area contributed by atoms with Crippen molar-refractivity contribution in [2.75, 3.05) is 27.7 Å². The van der Waals surface area contributed by atoms with Crippen molar-refractivity contribution in [3.63, 3.8) is 0 Å². The van der Waals surface area contributed by atoms with Crippen LogP contribution in [0.2, 0.25) is 0 Å². The summed E-state index contributed by atoms with van der Waals surface area (Å²) in [5.41, 5.74) is -0.102. The summed E-state index contributed by atoms with van der Waals surface area (Å²) in [5.74, 6) is 0. The van der Waals surface area contributed by atoms with E-state index in [9.17, 15) is 9.90 Å². The minimum absolute atomic E-state index is 0.102. The molecule has 1 aliphatic carbocycles. The first-order valence-electron chi connectivity index (χ1n) is 5.44. The van der Waals surface area contributed by atoms with Gasteiger partial charge in [-0.05, 0) is 12.8 Å². The summed E-state index contributed by atoms with van der Waals surface area (Å²) in [6.07, 6.45) is 4.97. The van der Waals surface area contributed by atoms with Crippen molar-refractivity contribution >= 4 is 6.08 Å². The van der Waals surface area contributed by atoms with Gasteiger partial charge in [-0.2, -0.15) is 4.99 Å². The molecular weight excluding hydrogens is 192 g/mol. The third kappa shape index (κ3) is 2.65. The lowest BCUT2D eigenvalue weighted by Crippen LogP contribution is -2.61. The van der Waals surface area contributed by atoms with E-state index >= 15 is 0 Å². The normalized spacial score (nSPS) is 32.1. The molecule has 1 aliphatic rings. The van der Waals surface area contributed by atoms with E-state index in [1.807, 2.05) is 0 Å². The molecule has 2 atom stereocenters. The molecule has 0 spiro atoms. The maximum atomic E-state index is 10.2. The molecule has 86 valence electrons. The Labute approximate surface area is 91.2 Å². The molecule has 0 amide bonds. The zero-order valence-corrected chi connectivity index (χ0v) is 9.86. The third-order valence-corrected chi connectivity index (χ3v) is 3.66. The van der Waals surface area contributed by atoms with Crippen LogP contribution in [0.3, 0.4) is 0 Å². The number of likely N-dealkylation sites (N-methyl/N-ethyl adjacent to an activating group) is 1. The Morgan fingerprint density at radius 3 is 2.67 bits per heavy atom. The average molecular weight is 213 g/mol. The van der Waals surface area contributed by atoms with Gasteiger partial charge in [0.25, 0.3) is 0 Å². The fourth-order valence-electron chi connectivity index (χ4n) is 2.45. The number of aliphatic hydroxyl groups is 1. The highest BCUT2D eigenvalue weighted by molar-refractivity contribution is 5.33. The minimum Gasteiger partial charge on any atom is -0.393 e. The average Bonchev–Trinajstić information content (AvgIpc) is 2.13. The first-order chi connectivity index (χ1) is 6.91. The van der Waals surface area contributed by atoms with Gasteiger partial charge >= 0.3 is 0 Å². The Balaban J connectivity index is 2.89. The number of carbonyl (C=O) groups excluding carboxylic acids is 1. The molecule has 0 saturated heterocycles. The maximum Gasteiger partial charge on any atom is 0.235 e. The predicted molar refractivity (Wildman–Crippen MR) is 58.2 cm³/mol. The lowest BCUT2D eigenvalue weighted by molar-refractivity contribution is -0.924. The monoisotopic (exact) mass is 213 g/mol. The van der Waals surface area contributed by atoms with Gasteiger partial charge < -0.3 is 9.59 Å². The predicted octanol–water partition coefficient (Wildman–Crippen LogP) is 0.702. The van der Waals surface area contributed by atoms with Gasteiger partial charge in [0.2, 0.25) is 6.08 Å². The molecule has 2 unspecified atom stereocenters. The fraction of sp³-hybridized carbons (Fsp3) is 0.909. The fourth-order valence-corrected chi connectivity index (χ4v) is 2.45. The molecule has 0 aromatic rings. The maximum absolute atomic E-state index is 10.2. The van der Waals surface area contributed by atoms with Gasteiger partial charge in [-0.1, -0.05) is 0 Å². The second-order valence-electron chi connectivity index (χ2n) is 5.39. The van der Waals surface area contributed by atoms with E-state index in [1.165, 1.54) is 0 Å². The van der Waals surface area contributed by atoms with Gasteiger partial charge in [0.1, 0.15) is 12.1 Å². The molecule has 0 aromatic carbocycles. The van der Waals surface area contributed by atoms with Crippen LogP contribution < -0.4 is 0 Å². The Morgan fingerprint density at radius 1 is 1.53 bits per heavy atom. The largest absolute Gasteiger partial charge is 0.393 e. The summed E-state index contributed by atoms with van der Waals surface area (Å²) >= 11 is 0. The molecule has 1 fully saturated rings. The van der Waals surface area contributed by atoms with Crippen LogP contribution >= 0.6 is 0 Å². The van der Waals surface area contributed by atoms with E-state index in [2.05, 4.69) is 26.1 Å². The molecule has 4 nitrogen and oxygen atoms in total. The minimum atomic E-state index is -0.252. The first-order valence-corrected chi connectivity index (χ1v) is 5.44. The molecule has 0 radical (unpaired) electrons. The van der Waals surface area contributed by atoms with E-state index in [1.54, 1.807) is 6.08 Å². The molecule has 0 aromatic heterocycles. The van der Waals surface area contributed by atoms with Crippen LogP contribution in [0.15, 0.2) is 4.99 Å². The summed E-state index contributed by atoms with van der Waals surface area (Å²) in [6.45, 7) is 0.469. The SMILES string of the molecule is C[N+](C)(C)C1(CN=C=O)CCCC(O)C1. The smallest absolute Gasteiger partial charge is 0.235 e. The molecule has 1 saturated carbocycles. The lowest BCUT2D eigenvalue weighted by Gasteiger charge is -2.48. The number of rotatable bonds is 3. The first kappa shape index (κ1) is 12.4. The second-order valence-corrected chi connectivity index (χ2v) is 5.39. The van der Waals surface area contributed by atoms with Crippen LogP contribution in [0.25, 0.3) is 0 Å². The second kappa shape index (κ2) is 4.44. The highest BCUT2D eigenvalue weighted by Gasteiger charge is 2.46. The Bertz CT molecular complexity index is 266. The van der Waals surface area contributed by atoms with E-state index in [4.69, 9.17) is 0 Å². The van der Waals surface area contributed by atoms with Crippen LogP contribution in [0.5, 0.6) is 0 Å². The highest BCUT2D eigenvalue weighted by atomic mass is 16.3. The Hall–Kier alpha value is -0.700. The number of nitrogens with zero attached hydrogens (tertiary/aromatic N) is 2. The van der Waals surface area contributed by atoms with E-state index in [0.29, 0.717) is 6.54 Å². The van der Waals surface area contributed by atoms with Crippen molar-refractivity contribution in [3.8, 4) is 0 Å². The molecule has 15 heavy (non-hydrogen) atoms. The number of isocyanates is 1. The summed E-state index contributed by atoms with van der Waals surface area (Å²) < 4.78 is 0.731. The van der Waals surface area contributed by atoms with Gasteiger partial charge in [0, 0.05) is 12.8 Å². The number of hydrogen-bond donors (Lipinski definition) is 1. The van der Waals surface area contributed by atoms with Crippen LogP contribution in [-0.4, -0.2) is 55.0 Å². The van der Waals surface area contributed by atoms with Gasteiger partial charge in [0.15, 0.2) is 0 Å². The zero-order valence-electron chi connectivity index (χ0n) is 9.86. The van der Waals surface area contributed by atoms with Crippen LogP contribution in [0.1, 0.15) is 25.7 Å². The highest BCUT2D eigenvalue weighted by Crippen LogP contribution is 2.36. The molecule has 0 bridgehead atoms. The van der Waals surface area contributed by atoms with Crippen molar-refractivity contribution in [1.82, 2.24) is 0 Å². The van der Waals surface area contributed by atoms with Gasteiger partial charge in [-0.3, -0.25) is 0 Å². The molecule has 0 aliphatic heterocycles. The quantitative estimate of drug-likeness (QED) is 0.426. The molecule has 0 heterocycles. The Morgan fingerprint density at radius 2 is 2.20 bits per heavy atom. The molecule has 4 heteroatoms. The van der Waals surface area contributed by atoms with Gasteiger partial charge in [-0.15, -0.1) is 0 Å². The van der Waals surface area contributed by atoms with Crippen molar-refractivity contribution in [2.24, 2.45) is 4.99 Å². The summed E-state index contributed by atoms with van der Waals surface area (Å²) in [7, 11) is 6.29. The van der Waals surface area contributed by atoms with Crippen LogP contribution in [-0.2, 0) is 4.79 Å². The number of aliphatic imine (C=N–C) groups is 1. The van der Waals surface area contributed by atoms with E-state index in [-0.39, 0.29) is 11.6 Å². The van der Waals surface area contributed by atoms with E-state index in [0.717, 1.165) is 30.2 Å². The standard InChI is InChI=1S/C11H21N2O2/c1-13(2,3)11(8-12-9-14)6-4-5-10(15)7-11/h10,15H,4-8H2,1-3H3/q+1. The number of hydrogen-bond acceptors (Lipinski definition) is 3. The number of aliphatic hydroxyl groups excluding tert-OH is 1. The Kier molecular flexibility index (Phi) is 3.66. The summed E-state index contributed by atoms with van der Waals surface area (Å²) in [5, 5.41) is 9.76. The number of quaternary nitrogens is 1. The molecular formula is C11H21N2O2+. The van der Waals surface area contributed by atoms with Crippen molar-refractivity contribution in [3.05, 3.63) is 0 Å². The van der Waals surface area contributed by atoms with Crippen molar-refractivity contribution < 1.29 is 14.4 Å². The van der Waals surface area contributed by atoms with Crippen LogP contribution in [0.4, 0.5) is 0 Å². The third-order valence-electron chi connectivity index (χ3n) is 3.66. The lowest BCUT2D eigenvalue weighted by atomic mass is 9.78.